The van der Waals surface area contributed by atoms with Gasteiger partial charge >= 0.3 is 0 Å². The van der Waals surface area contributed by atoms with E-state index in [-0.39, 0.29) is 0 Å². The van der Waals surface area contributed by atoms with Gasteiger partial charge in [0.2, 0.25) is 0 Å². The minimum absolute atomic E-state index is 0.731. The molecule has 1 heterocycles. The number of hydrogen-bond donors (Lipinski definition) is 1. The first-order valence-corrected chi connectivity index (χ1v) is 5.52. The van der Waals surface area contributed by atoms with Crippen molar-refractivity contribution in [2.24, 2.45) is 0 Å². The highest BCUT2D eigenvalue weighted by Crippen LogP contribution is 2.24. The van der Waals surface area contributed by atoms with Crippen molar-refractivity contribution in [3.05, 3.63) is 36.7 Å². The van der Waals surface area contributed by atoms with Crippen LogP contribution in [0.3, 0.4) is 0 Å². The maximum absolute atomic E-state index is 5.74. The lowest BCUT2D eigenvalue weighted by Gasteiger charge is -2.08. The van der Waals surface area contributed by atoms with Gasteiger partial charge < -0.3 is 10.1 Å². The molecule has 0 saturated carbocycles. The normalized spacial score (nSPS) is 10.6. The first-order valence-electron chi connectivity index (χ1n) is 5.52. The van der Waals surface area contributed by atoms with E-state index in [1.165, 1.54) is 5.39 Å². The quantitative estimate of drug-likeness (QED) is 0.778. The van der Waals surface area contributed by atoms with E-state index in [4.69, 9.17) is 4.74 Å². The van der Waals surface area contributed by atoms with Crippen LogP contribution >= 0.6 is 0 Å². The molecule has 3 nitrogen and oxygen atoms in total. The van der Waals surface area contributed by atoms with Gasteiger partial charge in [-0.05, 0) is 37.5 Å². The van der Waals surface area contributed by atoms with E-state index in [9.17, 15) is 0 Å². The highest BCUT2D eigenvalue weighted by Gasteiger charge is 2.00. The predicted molar refractivity (Wildman–Crippen MR) is 65.8 cm³/mol. The molecule has 0 aliphatic rings. The van der Waals surface area contributed by atoms with Crippen LogP contribution in [0.25, 0.3) is 10.8 Å². The lowest BCUT2D eigenvalue weighted by atomic mass is 10.1. The van der Waals surface area contributed by atoms with Gasteiger partial charge in [-0.15, -0.1) is 0 Å². The zero-order chi connectivity index (χ0) is 11.2. The Balaban J connectivity index is 2.11. The summed E-state index contributed by atoms with van der Waals surface area (Å²) in [6.45, 7) is 1.71. The van der Waals surface area contributed by atoms with Crippen LogP contribution in [0.5, 0.6) is 5.75 Å². The molecule has 2 rings (SSSR count). The molecule has 3 heteroatoms. The van der Waals surface area contributed by atoms with Gasteiger partial charge in [0.1, 0.15) is 5.75 Å². The lowest BCUT2D eigenvalue weighted by molar-refractivity contribution is 0.313. The molecule has 0 saturated heterocycles. The zero-order valence-corrected chi connectivity index (χ0v) is 9.44. The molecule has 0 bridgehead atoms. The van der Waals surface area contributed by atoms with Crippen molar-refractivity contribution in [1.29, 1.82) is 0 Å². The molecule has 1 aromatic carbocycles. The second kappa shape index (κ2) is 5.47. The number of ether oxygens (including phenoxy) is 1. The zero-order valence-electron chi connectivity index (χ0n) is 9.44. The number of pyridine rings is 1. The Bertz CT molecular complexity index is 451. The van der Waals surface area contributed by atoms with Crippen LogP contribution in [0.2, 0.25) is 0 Å². The first-order chi connectivity index (χ1) is 7.92. The molecule has 0 aliphatic heterocycles. The van der Waals surface area contributed by atoms with Crippen molar-refractivity contribution in [1.82, 2.24) is 10.3 Å². The average molecular weight is 216 g/mol. The Hall–Kier alpha value is -1.61. The van der Waals surface area contributed by atoms with E-state index in [1.807, 2.05) is 31.4 Å². The third-order valence-corrected chi connectivity index (χ3v) is 2.47. The minimum Gasteiger partial charge on any atom is -0.493 e. The number of nitrogens with one attached hydrogen (secondary N) is 1. The molecule has 0 spiro atoms. The van der Waals surface area contributed by atoms with E-state index >= 15 is 0 Å². The monoisotopic (exact) mass is 216 g/mol. The molecule has 1 N–H and O–H groups in total. The fourth-order valence-electron chi connectivity index (χ4n) is 1.64. The molecule has 0 amide bonds. The third-order valence-electron chi connectivity index (χ3n) is 2.47. The molecule has 0 atom stereocenters. The number of fused-ring (bicyclic) bond motifs is 1. The molecular formula is C13H16N2O. The van der Waals surface area contributed by atoms with Crippen molar-refractivity contribution in [2.45, 2.75) is 6.42 Å². The molecule has 1 aromatic heterocycles. The van der Waals surface area contributed by atoms with Crippen LogP contribution in [0, 0.1) is 0 Å². The Kier molecular flexibility index (Phi) is 3.72. The summed E-state index contributed by atoms with van der Waals surface area (Å²) in [7, 11) is 1.95. The summed E-state index contributed by atoms with van der Waals surface area (Å²) in [5.74, 6) is 0.918. The number of rotatable bonds is 5. The smallest absolute Gasteiger partial charge is 0.128 e. The van der Waals surface area contributed by atoms with E-state index in [2.05, 4.69) is 16.4 Å². The van der Waals surface area contributed by atoms with Gasteiger partial charge in [-0.1, -0.05) is 12.1 Å². The van der Waals surface area contributed by atoms with Gasteiger partial charge in [-0.3, -0.25) is 4.98 Å². The van der Waals surface area contributed by atoms with E-state index in [0.717, 1.165) is 30.7 Å². The highest BCUT2D eigenvalue weighted by atomic mass is 16.5. The molecular weight excluding hydrogens is 200 g/mol. The van der Waals surface area contributed by atoms with Crippen LogP contribution in [-0.2, 0) is 0 Å². The topological polar surface area (TPSA) is 34.1 Å². The summed E-state index contributed by atoms with van der Waals surface area (Å²) in [4.78, 5) is 4.13. The average Bonchev–Trinajstić information content (AvgIpc) is 2.35. The number of benzene rings is 1. The van der Waals surface area contributed by atoms with Crippen LogP contribution in [0.1, 0.15) is 6.42 Å². The second-order valence-electron chi connectivity index (χ2n) is 3.66. The van der Waals surface area contributed by atoms with Crippen LogP contribution in [-0.4, -0.2) is 25.2 Å². The number of nitrogens with zero attached hydrogens (tertiary/aromatic N) is 1. The maximum Gasteiger partial charge on any atom is 0.128 e. The highest BCUT2D eigenvalue weighted by molar-refractivity contribution is 5.87. The predicted octanol–water partition coefficient (Wildman–Crippen LogP) is 2.22. The van der Waals surface area contributed by atoms with E-state index in [1.54, 1.807) is 6.20 Å². The Morgan fingerprint density at radius 1 is 1.31 bits per heavy atom. The standard InChI is InChI=1S/C13H16N2O/c1-14-7-3-9-16-13-5-2-4-11-6-8-15-10-12(11)13/h2,4-6,8,10,14H,3,7,9H2,1H3. The van der Waals surface area contributed by atoms with E-state index < -0.39 is 0 Å². The van der Waals surface area contributed by atoms with Gasteiger partial charge in [0.25, 0.3) is 0 Å². The maximum atomic E-state index is 5.74. The van der Waals surface area contributed by atoms with Crippen molar-refractivity contribution in [3.8, 4) is 5.75 Å². The summed E-state index contributed by atoms with van der Waals surface area (Å²) in [5, 5.41) is 5.34. The third kappa shape index (κ3) is 2.49. The summed E-state index contributed by atoms with van der Waals surface area (Å²) >= 11 is 0. The van der Waals surface area contributed by atoms with Gasteiger partial charge in [0.05, 0.1) is 6.61 Å². The molecule has 16 heavy (non-hydrogen) atoms. The van der Waals surface area contributed by atoms with Gasteiger partial charge in [-0.25, -0.2) is 0 Å². The van der Waals surface area contributed by atoms with Crippen LogP contribution in [0.15, 0.2) is 36.7 Å². The Morgan fingerprint density at radius 3 is 3.12 bits per heavy atom. The van der Waals surface area contributed by atoms with Crippen LogP contribution in [0.4, 0.5) is 0 Å². The number of aromatic nitrogens is 1. The largest absolute Gasteiger partial charge is 0.493 e. The molecule has 84 valence electrons. The first kappa shape index (κ1) is 10.9. The van der Waals surface area contributed by atoms with Crippen molar-refractivity contribution >= 4 is 10.8 Å². The summed E-state index contributed by atoms with van der Waals surface area (Å²) in [6.07, 6.45) is 4.66. The second-order valence-corrected chi connectivity index (χ2v) is 3.66. The Labute approximate surface area is 95.5 Å². The van der Waals surface area contributed by atoms with Gasteiger partial charge in [-0.2, -0.15) is 0 Å². The van der Waals surface area contributed by atoms with Crippen molar-refractivity contribution in [3.63, 3.8) is 0 Å². The fourth-order valence-corrected chi connectivity index (χ4v) is 1.64. The molecule has 0 unspecified atom stereocenters. The Morgan fingerprint density at radius 2 is 2.25 bits per heavy atom. The molecule has 0 radical (unpaired) electrons. The summed E-state index contributed by atoms with van der Waals surface area (Å²) < 4.78 is 5.74. The van der Waals surface area contributed by atoms with Crippen molar-refractivity contribution < 1.29 is 4.74 Å². The van der Waals surface area contributed by atoms with Crippen LogP contribution < -0.4 is 10.1 Å². The lowest BCUT2D eigenvalue weighted by Crippen LogP contribution is -2.11. The van der Waals surface area contributed by atoms with E-state index in [0.29, 0.717) is 0 Å². The molecule has 0 fully saturated rings. The molecule has 0 aliphatic carbocycles. The summed E-state index contributed by atoms with van der Waals surface area (Å²) in [6, 6.07) is 8.06. The number of hydrogen-bond acceptors (Lipinski definition) is 3. The van der Waals surface area contributed by atoms with Gasteiger partial charge in [0, 0.05) is 17.8 Å². The molecule has 2 aromatic rings. The van der Waals surface area contributed by atoms with Gasteiger partial charge in [0.15, 0.2) is 0 Å². The SMILES string of the molecule is CNCCCOc1cccc2ccncc12. The van der Waals surface area contributed by atoms with Crippen molar-refractivity contribution in [2.75, 3.05) is 20.2 Å². The fraction of sp³-hybridized carbons (Fsp3) is 0.308. The summed E-state index contributed by atoms with van der Waals surface area (Å²) in [5.41, 5.74) is 0. The minimum atomic E-state index is 0.731.